The van der Waals surface area contributed by atoms with Crippen LogP contribution in [0.1, 0.15) is 6.42 Å². The van der Waals surface area contributed by atoms with Crippen molar-refractivity contribution in [3.8, 4) is 0 Å². The van der Waals surface area contributed by atoms with Crippen molar-refractivity contribution in [3.63, 3.8) is 0 Å². The summed E-state index contributed by atoms with van der Waals surface area (Å²) < 4.78 is 0. The average Bonchev–Trinajstić information content (AvgIpc) is 1.80. The highest BCUT2D eigenvalue weighted by atomic mass is 16.3. The van der Waals surface area contributed by atoms with E-state index in [1.165, 1.54) is 12.2 Å². The zero-order valence-electron chi connectivity index (χ0n) is 4.78. The Morgan fingerprint density at radius 1 is 1.33 bits per heavy atom. The minimum Gasteiger partial charge on any atom is -0.504 e. The van der Waals surface area contributed by atoms with Crippen LogP contribution in [0, 0.1) is 0 Å². The molecule has 0 fully saturated rings. The average molecular weight is 128 g/mol. The fraction of sp³-hybridized carbons (Fsp3) is 0.333. The Hall–Kier alpha value is -0.960. The Morgan fingerprint density at radius 3 is 2.44 bits per heavy atom. The lowest BCUT2D eigenvalue weighted by atomic mass is 10.1. The van der Waals surface area contributed by atoms with Gasteiger partial charge in [0.1, 0.15) is 0 Å². The van der Waals surface area contributed by atoms with Crippen LogP contribution < -0.4 is 0 Å². The van der Waals surface area contributed by atoms with Gasteiger partial charge in [0.05, 0.1) is 6.10 Å². The predicted molar refractivity (Wildman–Crippen MR) is 32.0 cm³/mol. The van der Waals surface area contributed by atoms with Gasteiger partial charge in [0.2, 0.25) is 0 Å². The summed E-state index contributed by atoms with van der Waals surface area (Å²) >= 11 is 0. The van der Waals surface area contributed by atoms with E-state index in [0.717, 1.165) is 0 Å². The van der Waals surface area contributed by atoms with E-state index in [1.54, 1.807) is 0 Å². The van der Waals surface area contributed by atoms with Crippen LogP contribution in [0.25, 0.3) is 0 Å². The van der Waals surface area contributed by atoms with Gasteiger partial charge >= 0.3 is 0 Å². The van der Waals surface area contributed by atoms with Crippen LogP contribution in [0.3, 0.4) is 0 Å². The second kappa shape index (κ2) is 2.11. The molecule has 0 heterocycles. The Balaban J connectivity index is 2.75. The van der Waals surface area contributed by atoms with Crippen LogP contribution in [0.5, 0.6) is 0 Å². The first-order valence-corrected chi connectivity index (χ1v) is 2.68. The highest BCUT2D eigenvalue weighted by Crippen LogP contribution is 2.13. The quantitative estimate of drug-likeness (QED) is 0.448. The molecule has 1 aliphatic carbocycles. The summed E-state index contributed by atoms with van der Waals surface area (Å²) in [6.45, 7) is 0. The van der Waals surface area contributed by atoms with E-state index in [1.807, 2.05) is 0 Å². The fourth-order valence-corrected chi connectivity index (χ4v) is 0.673. The molecule has 0 spiro atoms. The van der Waals surface area contributed by atoms with Gasteiger partial charge in [-0.3, -0.25) is 0 Å². The second-order valence-corrected chi connectivity index (χ2v) is 1.94. The van der Waals surface area contributed by atoms with Crippen molar-refractivity contribution < 1.29 is 15.3 Å². The third-order valence-corrected chi connectivity index (χ3v) is 1.17. The van der Waals surface area contributed by atoms with E-state index in [9.17, 15) is 0 Å². The highest BCUT2D eigenvalue weighted by molar-refractivity contribution is 5.23. The molecule has 9 heavy (non-hydrogen) atoms. The molecule has 0 bridgehead atoms. The Bertz CT molecular complexity index is 169. The Labute approximate surface area is 52.6 Å². The van der Waals surface area contributed by atoms with Crippen molar-refractivity contribution in [2.45, 2.75) is 12.5 Å². The Kier molecular flexibility index (Phi) is 1.44. The molecule has 0 saturated carbocycles. The maximum absolute atomic E-state index is 8.81. The minimum absolute atomic E-state index is 0.152. The third kappa shape index (κ3) is 1.23. The van der Waals surface area contributed by atoms with Crippen molar-refractivity contribution >= 4 is 0 Å². The van der Waals surface area contributed by atoms with Crippen LogP contribution in [0.15, 0.2) is 23.7 Å². The van der Waals surface area contributed by atoms with E-state index in [0.29, 0.717) is 6.42 Å². The predicted octanol–water partition coefficient (Wildman–Crippen LogP) is 0.635. The summed E-state index contributed by atoms with van der Waals surface area (Å²) in [5.74, 6) is -0.394. The second-order valence-electron chi connectivity index (χ2n) is 1.94. The van der Waals surface area contributed by atoms with Gasteiger partial charge in [0.15, 0.2) is 11.5 Å². The standard InChI is InChI=1S/C6H8O3/c7-4-1-2-5(8)6(9)3-4/h2-4,7-9H,1H2. The van der Waals surface area contributed by atoms with Gasteiger partial charge < -0.3 is 15.3 Å². The van der Waals surface area contributed by atoms with Crippen molar-refractivity contribution in [1.29, 1.82) is 0 Å². The van der Waals surface area contributed by atoms with E-state index in [4.69, 9.17) is 15.3 Å². The summed E-state index contributed by atoms with van der Waals surface area (Å²) in [7, 11) is 0. The zero-order chi connectivity index (χ0) is 6.85. The molecule has 0 aromatic carbocycles. The summed E-state index contributed by atoms with van der Waals surface area (Å²) in [6, 6.07) is 0. The van der Waals surface area contributed by atoms with Crippen molar-refractivity contribution in [2.24, 2.45) is 0 Å². The molecule has 3 heteroatoms. The van der Waals surface area contributed by atoms with Gasteiger partial charge in [-0.1, -0.05) is 0 Å². The summed E-state index contributed by atoms with van der Waals surface area (Å²) in [5.41, 5.74) is 0. The molecule has 1 aliphatic rings. The van der Waals surface area contributed by atoms with Crippen LogP contribution in [-0.2, 0) is 0 Å². The molecule has 0 radical (unpaired) electrons. The molecule has 50 valence electrons. The number of aliphatic hydroxyl groups is 3. The van der Waals surface area contributed by atoms with Crippen LogP contribution in [0.2, 0.25) is 0 Å². The number of rotatable bonds is 0. The van der Waals surface area contributed by atoms with Gasteiger partial charge in [-0.05, 0) is 18.6 Å². The molecule has 0 aliphatic heterocycles. The smallest absolute Gasteiger partial charge is 0.155 e. The lowest BCUT2D eigenvalue weighted by Crippen LogP contribution is -2.07. The number of hydrogen-bond acceptors (Lipinski definition) is 3. The molecule has 0 amide bonds. The SMILES string of the molecule is OC1=CCC(O)C=C1O. The van der Waals surface area contributed by atoms with Crippen LogP contribution in [-0.4, -0.2) is 21.4 Å². The van der Waals surface area contributed by atoms with E-state index in [2.05, 4.69) is 0 Å². The van der Waals surface area contributed by atoms with Gasteiger partial charge in [0, 0.05) is 0 Å². The van der Waals surface area contributed by atoms with E-state index in [-0.39, 0.29) is 11.5 Å². The highest BCUT2D eigenvalue weighted by Gasteiger charge is 2.10. The minimum atomic E-state index is -0.652. The molecule has 0 aromatic rings. The normalized spacial score (nSPS) is 27.0. The topological polar surface area (TPSA) is 60.7 Å². The van der Waals surface area contributed by atoms with Crippen LogP contribution >= 0.6 is 0 Å². The maximum Gasteiger partial charge on any atom is 0.155 e. The van der Waals surface area contributed by atoms with Gasteiger partial charge in [-0.2, -0.15) is 0 Å². The molecular weight excluding hydrogens is 120 g/mol. The first-order chi connectivity index (χ1) is 4.20. The first kappa shape index (κ1) is 6.16. The number of hydrogen-bond donors (Lipinski definition) is 3. The Morgan fingerprint density at radius 2 is 2.00 bits per heavy atom. The molecule has 0 aromatic heterocycles. The van der Waals surface area contributed by atoms with Crippen LogP contribution in [0.4, 0.5) is 0 Å². The van der Waals surface area contributed by atoms with Gasteiger partial charge in [-0.15, -0.1) is 0 Å². The number of aliphatic hydroxyl groups excluding tert-OH is 3. The molecule has 3 nitrogen and oxygen atoms in total. The maximum atomic E-state index is 8.81. The summed E-state index contributed by atoms with van der Waals surface area (Å²) in [5, 5.41) is 26.3. The van der Waals surface area contributed by atoms with Gasteiger partial charge in [-0.25, -0.2) is 0 Å². The largest absolute Gasteiger partial charge is 0.504 e. The summed E-state index contributed by atoms with van der Waals surface area (Å²) in [6.07, 6.45) is 2.30. The fourth-order valence-electron chi connectivity index (χ4n) is 0.673. The van der Waals surface area contributed by atoms with Crippen molar-refractivity contribution in [2.75, 3.05) is 0 Å². The van der Waals surface area contributed by atoms with Crippen molar-refractivity contribution in [3.05, 3.63) is 23.7 Å². The van der Waals surface area contributed by atoms with E-state index < -0.39 is 6.10 Å². The molecule has 1 unspecified atom stereocenters. The zero-order valence-corrected chi connectivity index (χ0v) is 4.78. The molecule has 1 atom stereocenters. The lowest BCUT2D eigenvalue weighted by molar-refractivity contribution is 0.207. The monoisotopic (exact) mass is 128 g/mol. The van der Waals surface area contributed by atoms with E-state index >= 15 is 0 Å². The molecule has 1 rings (SSSR count). The third-order valence-electron chi connectivity index (χ3n) is 1.17. The summed E-state index contributed by atoms with van der Waals surface area (Å²) in [4.78, 5) is 0. The molecule has 0 saturated heterocycles. The molecule has 3 N–H and O–H groups in total. The van der Waals surface area contributed by atoms with Crippen molar-refractivity contribution in [1.82, 2.24) is 0 Å². The van der Waals surface area contributed by atoms with Gasteiger partial charge in [0.25, 0.3) is 0 Å². The molecular formula is C6H8O3. The first-order valence-electron chi connectivity index (χ1n) is 2.68. The lowest BCUT2D eigenvalue weighted by Gasteiger charge is -2.09.